The van der Waals surface area contributed by atoms with Gasteiger partial charge in [0.15, 0.2) is 0 Å². The Morgan fingerprint density at radius 2 is 1.61 bits per heavy atom. The van der Waals surface area contributed by atoms with E-state index >= 15 is 0 Å². The number of aromatic nitrogens is 2. The zero-order valence-corrected chi connectivity index (χ0v) is 23.4. The molecular formula is C32H36F2N4O3. The third-order valence-electron chi connectivity index (χ3n) is 6.94. The van der Waals surface area contributed by atoms with Crippen LogP contribution in [0.4, 0.5) is 13.6 Å². The highest BCUT2D eigenvalue weighted by Crippen LogP contribution is 2.35. The minimum absolute atomic E-state index is 0.0530. The van der Waals surface area contributed by atoms with Crippen LogP contribution in [-0.2, 0) is 13.0 Å². The monoisotopic (exact) mass is 562 g/mol. The predicted molar refractivity (Wildman–Crippen MR) is 154 cm³/mol. The lowest BCUT2D eigenvalue weighted by atomic mass is 9.84. The molecule has 41 heavy (non-hydrogen) atoms. The van der Waals surface area contributed by atoms with Crippen LogP contribution in [0, 0.1) is 17.0 Å². The second kappa shape index (κ2) is 13.1. The standard InChI is InChI=1S/C32H36F2N4O3/c1-32(2,3)29(36-26(28(39)18-35-31(40)41)16-21-10-6-4-7-11-21)30-37-27(24-17-23(33)14-15-25(24)34)20-38(30)19-22-12-8-5-9-13-22/h4-15,17,20,26,28-29,35-36,39H,16,18-19H2,1-3H3,(H,40,41)/t26?,28?,29-/m0/s1. The third kappa shape index (κ3) is 7.99. The van der Waals surface area contributed by atoms with Crippen LogP contribution in [-0.4, -0.2) is 44.5 Å². The van der Waals surface area contributed by atoms with E-state index in [1.54, 1.807) is 6.20 Å². The summed E-state index contributed by atoms with van der Waals surface area (Å²) in [7, 11) is 0. The molecule has 0 aliphatic heterocycles. The van der Waals surface area contributed by atoms with Gasteiger partial charge in [0.25, 0.3) is 0 Å². The van der Waals surface area contributed by atoms with Crippen LogP contribution in [0.1, 0.15) is 43.8 Å². The molecule has 7 nitrogen and oxygen atoms in total. The molecule has 0 saturated carbocycles. The van der Waals surface area contributed by atoms with Gasteiger partial charge in [-0.2, -0.15) is 0 Å². The second-order valence-electron chi connectivity index (χ2n) is 11.2. The van der Waals surface area contributed by atoms with Gasteiger partial charge in [-0.15, -0.1) is 0 Å². The summed E-state index contributed by atoms with van der Waals surface area (Å²) in [4.78, 5) is 16.0. The number of nitrogens with zero attached hydrogens (tertiary/aromatic N) is 2. The Bertz CT molecular complexity index is 1440. The van der Waals surface area contributed by atoms with Crippen LogP contribution in [0.3, 0.4) is 0 Å². The number of hydrogen-bond donors (Lipinski definition) is 4. The van der Waals surface area contributed by atoms with Gasteiger partial charge in [-0.1, -0.05) is 81.4 Å². The normalized spacial score (nSPS) is 13.9. The number of imidazole rings is 1. The Labute approximate surface area is 238 Å². The summed E-state index contributed by atoms with van der Waals surface area (Å²) in [5, 5.41) is 26.1. The summed E-state index contributed by atoms with van der Waals surface area (Å²) < 4.78 is 30.9. The smallest absolute Gasteiger partial charge is 0.404 e. The maximum Gasteiger partial charge on any atom is 0.404 e. The van der Waals surface area contributed by atoms with E-state index in [2.05, 4.69) is 10.6 Å². The fraction of sp³-hybridized carbons (Fsp3) is 0.312. The number of rotatable bonds is 11. The Morgan fingerprint density at radius 3 is 2.22 bits per heavy atom. The van der Waals surface area contributed by atoms with Gasteiger partial charge in [0.2, 0.25) is 0 Å². The van der Waals surface area contributed by atoms with Crippen LogP contribution < -0.4 is 10.6 Å². The van der Waals surface area contributed by atoms with Gasteiger partial charge in [0.05, 0.1) is 17.8 Å². The molecule has 0 radical (unpaired) electrons. The van der Waals surface area contributed by atoms with Crippen LogP contribution in [0.2, 0.25) is 0 Å². The van der Waals surface area contributed by atoms with Crippen LogP contribution >= 0.6 is 0 Å². The number of halogens is 2. The predicted octanol–water partition coefficient (Wildman–Crippen LogP) is 5.79. The number of carbonyl (C=O) groups is 1. The molecule has 0 spiro atoms. The van der Waals surface area contributed by atoms with E-state index < -0.39 is 41.3 Å². The molecule has 1 heterocycles. The Balaban J connectivity index is 1.78. The van der Waals surface area contributed by atoms with Gasteiger partial charge in [-0.3, -0.25) is 0 Å². The topological polar surface area (TPSA) is 99.4 Å². The molecule has 9 heteroatoms. The number of hydrogen-bond acceptors (Lipinski definition) is 4. The van der Waals surface area contributed by atoms with E-state index in [1.165, 1.54) is 0 Å². The van der Waals surface area contributed by atoms with Gasteiger partial charge in [0.1, 0.15) is 17.5 Å². The number of aliphatic hydroxyl groups is 1. The van der Waals surface area contributed by atoms with Crippen molar-refractivity contribution in [3.05, 3.63) is 114 Å². The van der Waals surface area contributed by atoms with Crippen molar-refractivity contribution in [2.45, 2.75) is 51.9 Å². The fourth-order valence-corrected chi connectivity index (χ4v) is 4.83. The molecule has 0 aliphatic carbocycles. The van der Waals surface area contributed by atoms with Crippen molar-refractivity contribution < 1.29 is 23.8 Å². The van der Waals surface area contributed by atoms with Crippen LogP contribution in [0.5, 0.6) is 0 Å². The van der Waals surface area contributed by atoms with Gasteiger partial charge < -0.3 is 25.4 Å². The molecule has 4 rings (SSSR count). The minimum atomic E-state index is -1.23. The quantitative estimate of drug-likeness (QED) is 0.185. The van der Waals surface area contributed by atoms with Crippen molar-refractivity contribution >= 4 is 6.09 Å². The molecule has 4 N–H and O–H groups in total. The lowest BCUT2D eigenvalue weighted by Gasteiger charge is -2.36. The van der Waals surface area contributed by atoms with Gasteiger partial charge in [-0.25, -0.2) is 18.6 Å². The number of aliphatic hydroxyl groups excluding tert-OH is 1. The van der Waals surface area contributed by atoms with Gasteiger partial charge in [-0.05, 0) is 41.2 Å². The van der Waals surface area contributed by atoms with Gasteiger partial charge >= 0.3 is 6.09 Å². The molecule has 0 bridgehead atoms. The number of carboxylic acid groups (broad SMARTS) is 1. The zero-order chi connectivity index (χ0) is 29.6. The first-order valence-electron chi connectivity index (χ1n) is 13.5. The summed E-state index contributed by atoms with van der Waals surface area (Å²) in [6.45, 7) is 6.33. The lowest BCUT2D eigenvalue weighted by Crippen LogP contribution is -2.51. The lowest BCUT2D eigenvalue weighted by molar-refractivity contribution is 0.0996. The van der Waals surface area contributed by atoms with Gasteiger partial charge in [0, 0.05) is 30.9 Å². The summed E-state index contributed by atoms with van der Waals surface area (Å²) in [6.07, 6.45) is -0.153. The molecule has 0 fully saturated rings. The third-order valence-corrected chi connectivity index (χ3v) is 6.94. The van der Waals surface area contributed by atoms with E-state index in [9.17, 15) is 18.7 Å². The molecule has 3 aromatic carbocycles. The number of benzene rings is 3. The van der Waals surface area contributed by atoms with Crippen molar-refractivity contribution in [3.63, 3.8) is 0 Å². The average Bonchev–Trinajstić information content (AvgIpc) is 3.34. The van der Waals surface area contributed by atoms with E-state index in [4.69, 9.17) is 10.1 Å². The van der Waals surface area contributed by atoms with E-state index in [0.29, 0.717) is 18.8 Å². The zero-order valence-electron chi connectivity index (χ0n) is 23.4. The average molecular weight is 563 g/mol. The Kier molecular flexibility index (Phi) is 9.52. The maximum absolute atomic E-state index is 14.8. The highest BCUT2D eigenvalue weighted by molar-refractivity contribution is 5.64. The molecule has 1 amide bonds. The molecule has 216 valence electrons. The molecule has 0 aliphatic rings. The summed E-state index contributed by atoms with van der Waals surface area (Å²) in [5.74, 6) is -0.570. The summed E-state index contributed by atoms with van der Waals surface area (Å²) in [5.41, 5.74) is 1.85. The van der Waals surface area contributed by atoms with Crippen molar-refractivity contribution in [2.75, 3.05) is 6.54 Å². The molecule has 0 saturated heterocycles. The van der Waals surface area contributed by atoms with E-state index in [0.717, 1.165) is 29.3 Å². The molecule has 4 aromatic rings. The SMILES string of the molecule is CC(C)(C)[C@@H](NC(Cc1ccccc1)C(O)CNC(=O)O)c1nc(-c2cc(F)ccc2F)cn1Cc1ccccc1. The maximum atomic E-state index is 14.8. The molecule has 2 unspecified atom stereocenters. The van der Waals surface area contributed by atoms with Crippen LogP contribution in [0.25, 0.3) is 11.3 Å². The van der Waals surface area contributed by atoms with Crippen molar-refractivity contribution in [1.82, 2.24) is 20.2 Å². The fourth-order valence-electron chi connectivity index (χ4n) is 4.83. The van der Waals surface area contributed by atoms with Crippen molar-refractivity contribution in [1.29, 1.82) is 0 Å². The van der Waals surface area contributed by atoms with E-state index in [1.807, 2.05) is 86.0 Å². The highest BCUT2D eigenvalue weighted by Gasteiger charge is 2.35. The Morgan fingerprint density at radius 1 is 0.976 bits per heavy atom. The first-order valence-corrected chi connectivity index (χ1v) is 13.5. The number of amides is 1. The Hall–Kier alpha value is -4.08. The molecule has 3 atom stereocenters. The molecular weight excluding hydrogens is 526 g/mol. The second-order valence-corrected chi connectivity index (χ2v) is 11.2. The van der Waals surface area contributed by atoms with E-state index in [-0.39, 0.29) is 17.8 Å². The molecule has 1 aromatic heterocycles. The number of nitrogens with one attached hydrogen (secondary N) is 2. The van der Waals surface area contributed by atoms with Crippen molar-refractivity contribution in [2.24, 2.45) is 5.41 Å². The minimum Gasteiger partial charge on any atom is -0.465 e. The highest BCUT2D eigenvalue weighted by atomic mass is 19.1. The summed E-state index contributed by atoms with van der Waals surface area (Å²) in [6, 6.07) is 21.6. The van der Waals surface area contributed by atoms with Crippen LogP contribution in [0.15, 0.2) is 85.1 Å². The largest absolute Gasteiger partial charge is 0.465 e. The van der Waals surface area contributed by atoms with Crippen molar-refractivity contribution in [3.8, 4) is 11.3 Å². The first kappa shape index (κ1) is 29.9. The summed E-state index contributed by atoms with van der Waals surface area (Å²) >= 11 is 0. The first-order chi connectivity index (χ1) is 19.5.